The summed E-state index contributed by atoms with van der Waals surface area (Å²) in [6.45, 7) is 1.65. The molecule has 1 aliphatic rings. The first-order valence-electron chi connectivity index (χ1n) is 7.60. The number of amides is 1. The fourth-order valence-corrected chi connectivity index (χ4v) is 2.90. The molecular formula is C16H18N6O. The molecule has 1 amide bonds. The average Bonchev–Trinajstić information content (AvgIpc) is 3.08. The number of likely N-dealkylation sites (N-methyl/N-ethyl adjacent to an activating group) is 1. The topological polar surface area (TPSA) is 97.7 Å². The van der Waals surface area contributed by atoms with Crippen molar-refractivity contribution in [3.8, 4) is 6.07 Å². The van der Waals surface area contributed by atoms with Crippen LogP contribution >= 0.6 is 0 Å². The molecule has 0 aliphatic carbocycles. The smallest absolute Gasteiger partial charge is 0.261 e. The summed E-state index contributed by atoms with van der Waals surface area (Å²) in [6.07, 6.45) is 7.00. The first-order valence-corrected chi connectivity index (χ1v) is 7.60. The lowest BCUT2D eigenvalue weighted by molar-refractivity contribution is -0.116. The second kappa shape index (κ2) is 6.48. The molecule has 0 aromatic carbocycles. The van der Waals surface area contributed by atoms with Gasteiger partial charge in [-0.15, -0.1) is 0 Å². The number of nitriles is 1. The number of aromatic nitrogens is 3. The maximum atomic E-state index is 11.6. The van der Waals surface area contributed by atoms with E-state index in [1.54, 1.807) is 18.6 Å². The zero-order valence-electron chi connectivity index (χ0n) is 12.9. The van der Waals surface area contributed by atoms with Gasteiger partial charge in [-0.3, -0.25) is 4.79 Å². The maximum absolute atomic E-state index is 11.6. The van der Waals surface area contributed by atoms with E-state index in [2.05, 4.69) is 25.2 Å². The monoisotopic (exact) mass is 310 g/mol. The number of rotatable bonds is 3. The van der Waals surface area contributed by atoms with Gasteiger partial charge in [-0.05, 0) is 24.8 Å². The summed E-state index contributed by atoms with van der Waals surface area (Å²) in [4.78, 5) is 25.7. The molecule has 2 aromatic rings. The van der Waals surface area contributed by atoms with Gasteiger partial charge in [-0.2, -0.15) is 5.26 Å². The van der Waals surface area contributed by atoms with Crippen molar-refractivity contribution in [2.45, 2.75) is 12.8 Å². The van der Waals surface area contributed by atoms with Gasteiger partial charge in [-0.1, -0.05) is 6.08 Å². The number of nitrogens with zero attached hydrogens (tertiary/aromatic N) is 4. The molecule has 118 valence electrons. The molecular weight excluding hydrogens is 292 g/mol. The number of piperidine rings is 1. The van der Waals surface area contributed by atoms with Crippen molar-refractivity contribution in [2.75, 3.05) is 25.0 Å². The number of hydrogen-bond donors (Lipinski definition) is 2. The quantitative estimate of drug-likeness (QED) is 0.659. The molecule has 0 bridgehead atoms. The summed E-state index contributed by atoms with van der Waals surface area (Å²) < 4.78 is 0. The van der Waals surface area contributed by atoms with Crippen molar-refractivity contribution in [2.24, 2.45) is 5.92 Å². The number of pyridine rings is 1. The molecule has 7 heteroatoms. The summed E-state index contributed by atoms with van der Waals surface area (Å²) in [7, 11) is 1.53. The first-order chi connectivity index (χ1) is 11.2. The Morgan fingerprint density at radius 2 is 2.26 bits per heavy atom. The van der Waals surface area contributed by atoms with Crippen molar-refractivity contribution in [1.29, 1.82) is 5.26 Å². The predicted molar refractivity (Wildman–Crippen MR) is 86.6 cm³/mol. The van der Waals surface area contributed by atoms with Crippen LogP contribution in [0.3, 0.4) is 0 Å². The molecule has 3 heterocycles. The number of nitrogens with one attached hydrogen (secondary N) is 2. The van der Waals surface area contributed by atoms with E-state index in [4.69, 9.17) is 5.26 Å². The van der Waals surface area contributed by atoms with Crippen LogP contribution in [-0.2, 0) is 4.79 Å². The van der Waals surface area contributed by atoms with Gasteiger partial charge < -0.3 is 15.2 Å². The zero-order valence-corrected chi connectivity index (χ0v) is 12.9. The molecule has 1 saturated heterocycles. The molecule has 0 saturated carbocycles. The van der Waals surface area contributed by atoms with E-state index in [-0.39, 0.29) is 17.4 Å². The van der Waals surface area contributed by atoms with Crippen LogP contribution in [0.25, 0.3) is 11.0 Å². The molecule has 1 aliphatic heterocycles. The van der Waals surface area contributed by atoms with Crippen LogP contribution < -0.4 is 10.2 Å². The molecule has 2 N–H and O–H groups in total. The number of fused-ring (bicyclic) bond motifs is 1. The second-order valence-corrected chi connectivity index (χ2v) is 5.53. The van der Waals surface area contributed by atoms with E-state index >= 15 is 0 Å². The van der Waals surface area contributed by atoms with E-state index in [9.17, 15) is 4.79 Å². The van der Waals surface area contributed by atoms with Gasteiger partial charge in [0.25, 0.3) is 5.91 Å². The number of H-pyrrole nitrogens is 1. The largest absolute Gasteiger partial charge is 0.355 e. The maximum Gasteiger partial charge on any atom is 0.261 e. The number of imidazole rings is 1. The minimum absolute atomic E-state index is 0.193. The molecule has 0 radical (unpaired) electrons. The predicted octanol–water partition coefficient (Wildman–Crippen LogP) is 1.37. The Bertz CT molecular complexity index is 779. The normalized spacial score (nSPS) is 16.3. The van der Waals surface area contributed by atoms with Crippen molar-refractivity contribution >= 4 is 22.8 Å². The Morgan fingerprint density at radius 1 is 1.48 bits per heavy atom. The van der Waals surface area contributed by atoms with Crippen LogP contribution in [0.5, 0.6) is 0 Å². The minimum Gasteiger partial charge on any atom is -0.355 e. The zero-order chi connectivity index (χ0) is 16.2. The molecule has 3 rings (SSSR count). The third-order valence-electron chi connectivity index (χ3n) is 4.15. The van der Waals surface area contributed by atoms with E-state index in [1.807, 2.05) is 12.1 Å². The van der Waals surface area contributed by atoms with E-state index in [0.717, 1.165) is 42.8 Å². The van der Waals surface area contributed by atoms with Crippen molar-refractivity contribution in [1.82, 2.24) is 20.3 Å². The number of carbonyl (C=O) groups is 1. The molecule has 0 spiro atoms. The molecule has 0 atom stereocenters. The molecule has 7 nitrogen and oxygen atoms in total. The molecule has 0 unspecified atom stereocenters. The lowest BCUT2D eigenvalue weighted by Crippen LogP contribution is -2.34. The third kappa shape index (κ3) is 3.01. The molecule has 2 aromatic heterocycles. The van der Waals surface area contributed by atoms with Crippen LogP contribution in [0, 0.1) is 17.2 Å². The van der Waals surface area contributed by atoms with Crippen molar-refractivity contribution in [3.63, 3.8) is 0 Å². The first kappa shape index (κ1) is 15.0. The van der Waals surface area contributed by atoms with Gasteiger partial charge in [-0.25, -0.2) is 9.97 Å². The number of carbonyl (C=O) groups excluding carboxylic acids is 1. The highest BCUT2D eigenvalue weighted by atomic mass is 16.1. The number of aromatic amines is 1. The van der Waals surface area contributed by atoms with Crippen LogP contribution in [-0.4, -0.2) is 41.0 Å². The van der Waals surface area contributed by atoms with Gasteiger partial charge in [0.2, 0.25) is 0 Å². The SMILES string of the molecule is CNC(=O)/C(C#N)=C/C1CCN(c2nccc3[nH]cnc23)CC1. The average molecular weight is 310 g/mol. The highest BCUT2D eigenvalue weighted by Gasteiger charge is 2.22. The van der Waals surface area contributed by atoms with Gasteiger partial charge in [0.1, 0.15) is 17.2 Å². The van der Waals surface area contributed by atoms with Crippen LogP contribution in [0.4, 0.5) is 5.82 Å². The van der Waals surface area contributed by atoms with Gasteiger partial charge in [0.05, 0.1) is 11.8 Å². The van der Waals surface area contributed by atoms with Gasteiger partial charge in [0.15, 0.2) is 5.82 Å². The van der Waals surface area contributed by atoms with Gasteiger partial charge in [0, 0.05) is 26.3 Å². The summed E-state index contributed by atoms with van der Waals surface area (Å²) in [5.74, 6) is 0.799. The molecule has 1 fully saturated rings. The van der Waals surface area contributed by atoms with E-state index in [1.165, 1.54) is 7.05 Å². The Kier molecular flexibility index (Phi) is 4.24. The van der Waals surface area contributed by atoms with Gasteiger partial charge >= 0.3 is 0 Å². The Balaban J connectivity index is 1.72. The summed E-state index contributed by atoms with van der Waals surface area (Å²) >= 11 is 0. The standard InChI is InChI=1S/C16H18N6O/c1-18-16(23)12(9-17)8-11-3-6-22(7-4-11)15-14-13(2-5-19-15)20-10-21-14/h2,5,8,10-11H,3-4,6-7H2,1H3,(H,18,23)(H,20,21)/b12-8+. The Labute approximate surface area is 134 Å². The second-order valence-electron chi connectivity index (χ2n) is 5.53. The fourth-order valence-electron chi connectivity index (χ4n) is 2.90. The van der Waals surface area contributed by atoms with Crippen LogP contribution in [0.15, 0.2) is 30.2 Å². The number of anilines is 1. The van der Waals surface area contributed by atoms with Crippen molar-refractivity contribution in [3.05, 3.63) is 30.2 Å². The highest BCUT2D eigenvalue weighted by molar-refractivity contribution is 5.97. The highest BCUT2D eigenvalue weighted by Crippen LogP contribution is 2.27. The summed E-state index contributed by atoms with van der Waals surface area (Å²) in [6, 6.07) is 3.88. The summed E-state index contributed by atoms with van der Waals surface area (Å²) in [5, 5.41) is 11.6. The third-order valence-corrected chi connectivity index (χ3v) is 4.15. The lowest BCUT2D eigenvalue weighted by atomic mass is 9.94. The van der Waals surface area contributed by atoms with E-state index < -0.39 is 0 Å². The fraction of sp³-hybridized carbons (Fsp3) is 0.375. The number of allylic oxidation sites excluding steroid dienone is 1. The number of hydrogen-bond acceptors (Lipinski definition) is 5. The molecule has 23 heavy (non-hydrogen) atoms. The van der Waals surface area contributed by atoms with Crippen LogP contribution in [0.2, 0.25) is 0 Å². The van der Waals surface area contributed by atoms with Crippen molar-refractivity contribution < 1.29 is 4.79 Å². The van der Waals surface area contributed by atoms with Crippen LogP contribution in [0.1, 0.15) is 12.8 Å². The van der Waals surface area contributed by atoms with E-state index in [0.29, 0.717) is 0 Å². The lowest BCUT2D eigenvalue weighted by Gasteiger charge is -2.31. The Morgan fingerprint density at radius 3 is 2.96 bits per heavy atom. The minimum atomic E-state index is -0.321. The Hall–Kier alpha value is -2.88. The summed E-state index contributed by atoms with van der Waals surface area (Å²) in [5.41, 5.74) is 2.05.